The summed E-state index contributed by atoms with van der Waals surface area (Å²) in [7, 11) is 0. The maximum atomic E-state index is 13.4. The van der Waals surface area contributed by atoms with Gasteiger partial charge in [-0.1, -0.05) is 12.2 Å². The van der Waals surface area contributed by atoms with E-state index in [2.05, 4.69) is 32.1 Å². The molecular weight excluding hydrogens is 386 g/mol. The smallest absolute Gasteiger partial charge is 0.172 e. The second-order valence-electron chi connectivity index (χ2n) is 7.43. The van der Waals surface area contributed by atoms with Crippen LogP contribution in [0.1, 0.15) is 17.0 Å². The van der Waals surface area contributed by atoms with E-state index in [1.165, 1.54) is 12.1 Å². The van der Waals surface area contributed by atoms with Crippen LogP contribution in [0.5, 0.6) is 0 Å². The van der Waals surface area contributed by atoms with Crippen LogP contribution in [0, 0.1) is 25.5 Å². The number of hydrogen-bond donors (Lipinski definition) is 0. The highest BCUT2D eigenvalue weighted by molar-refractivity contribution is 5.52. The first-order valence-electron chi connectivity index (χ1n) is 9.93. The van der Waals surface area contributed by atoms with Crippen LogP contribution in [-0.4, -0.2) is 57.4 Å². The molecule has 0 amide bonds. The van der Waals surface area contributed by atoms with Crippen LogP contribution in [0.25, 0.3) is 11.9 Å². The van der Waals surface area contributed by atoms with Gasteiger partial charge in [0, 0.05) is 56.2 Å². The lowest BCUT2D eigenvalue weighted by molar-refractivity contribution is 0.284. The van der Waals surface area contributed by atoms with E-state index in [4.69, 9.17) is 0 Å². The molecule has 6 nitrogen and oxygen atoms in total. The summed E-state index contributed by atoms with van der Waals surface area (Å²) in [4.78, 5) is 13.0. The highest BCUT2D eigenvalue weighted by atomic mass is 19.1. The molecule has 0 saturated carbocycles. The van der Waals surface area contributed by atoms with Gasteiger partial charge < -0.3 is 4.90 Å². The number of aryl methyl sites for hydroxylation is 1. The number of rotatable bonds is 5. The van der Waals surface area contributed by atoms with Crippen LogP contribution in [0.15, 0.2) is 42.9 Å². The Hall–Kier alpha value is -3.13. The third-order valence-corrected chi connectivity index (χ3v) is 5.25. The molecule has 0 spiro atoms. The molecule has 3 heterocycles. The van der Waals surface area contributed by atoms with E-state index in [1.807, 2.05) is 24.9 Å². The molecule has 156 valence electrons. The van der Waals surface area contributed by atoms with Crippen molar-refractivity contribution < 1.29 is 8.78 Å². The molecule has 0 bridgehead atoms. The molecule has 1 aromatic carbocycles. The highest BCUT2D eigenvalue weighted by Gasteiger charge is 2.17. The maximum Gasteiger partial charge on any atom is 0.172 e. The van der Waals surface area contributed by atoms with Crippen LogP contribution in [0.3, 0.4) is 0 Å². The minimum absolute atomic E-state index is 0.539. The summed E-state index contributed by atoms with van der Waals surface area (Å²) in [5.41, 5.74) is 3.49. The summed E-state index contributed by atoms with van der Waals surface area (Å²) in [6, 6.07) is 3.68. The van der Waals surface area contributed by atoms with Crippen LogP contribution in [0.4, 0.5) is 14.5 Å². The Kier molecular flexibility index (Phi) is 5.85. The lowest BCUT2D eigenvalue weighted by atomic mass is 10.2. The molecule has 1 aliphatic heterocycles. The van der Waals surface area contributed by atoms with Crippen LogP contribution in [-0.2, 0) is 0 Å². The van der Waals surface area contributed by atoms with Gasteiger partial charge in [0.05, 0.1) is 23.8 Å². The minimum atomic E-state index is -0.539. The van der Waals surface area contributed by atoms with Gasteiger partial charge >= 0.3 is 0 Å². The van der Waals surface area contributed by atoms with E-state index in [9.17, 15) is 8.78 Å². The fraction of sp³-hybridized carbons (Fsp3) is 0.318. The molecule has 0 unspecified atom stereocenters. The fourth-order valence-corrected chi connectivity index (χ4v) is 3.61. The number of halogens is 2. The SMILES string of the molecule is Cc1cncc(-n2ncc(/C=C/CN3CCN(c4cc(F)cc(F)c4)CC3)c2C)n1. The average Bonchev–Trinajstić information content (AvgIpc) is 3.08. The van der Waals surface area contributed by atoms with Crippen LogP contribution < -0.4 is 4.90 Å². The second kappa shape index (κ2) is 8.71. The quantitative estimate of drug-likeness (QED) is 0.645. The van der Waals surface area contributed by atoms with Crippen molar-refractivity contribution in [2.24, 2.45) is 0 Å². The molecule has 2 aromatic heterocycles. The highest BCUT2D eigenvalue weighted by Crippen LogP contribution is 2.20. The Bertz CT molecular complexity index is 1030. The van der Waals surface area contributed by atoms with Gasteiger partial charge in [-0.2, -0.15) is 5.10 Å². The van der Waals surface area contributed by atoms with Gasteiger partial charge in [-0.15, -0.1) is 0 Å². The molecule has 8 heteroatoms. The zero-order valence-electron chi connectivity index (χ0n) is 17.1. The zero-order chi connectivity index (χ0) is 21.1. The Balaban J connectivity index is 1.34. The van der Waals surface area contributed by atoms with Gasteiger partial charge in [0.2, 0.25) is 0 Å². The molecule has 0 N–H and O–H groups in total. The van der Waals surface area contributed by atoms with E-state index in [0.717, 1.165) is 55.7 Å². The van der Waals surface area contributed by atoms with E-state index >= 15 is 0 Å². The predicted octanol–water partition coefficient (Wildman–Crippen LogP) is 3.39. The Morgan fingerprint density at radius 3 is 2.40 bits per heavy atom. The van der Waals surface area contributed by atoms with Crippen molar-refractivity contribution in [2.45, 2.75) is 13.8 Å². The summed E-state index contributed by atoms with van der Waals surface area (Å²) >= 11 is 0. The minimum Gasteiger partial charge on any atom is -0.369 e. The van der Waals surface area contributed by atoms with Crippen LogP contribution in [0.2, 0.25) is 0 Å². The number of piperazine rings is 1. The van der Waals surface area contributed by atoms with Gasteiger partial charge in [-0.05, 0) is 26.0 Å². The molecule has 3 aromatic rings. The first kappa shape index (κ1) is 20.2. The van der Waals surface area contributed by atoms with Gasteiger partial charge in [-0.25, -0.2) is 18.4 Å². The normalized spacial score (nSPS) is 15.3. The van der Waals surface area contributed by atoms with Gasteiger partial charge in [0.1, 0.15) is 11.6 Å². The summed E-state index contributed by atoms with van der Waals surface area (Å²) in [6.07, 6.45) is 9.43. The topological polar surface area (TPSA) is 50.1 Å². The number of benzene rings is 1. The standard InChI is InChI=1S/C22H24F2N6/c1-16-13-25-15-22(27-16)30-17(2)18(14-26-30)4-3-5-28-6-8-29(9-7-28)21-11-19(23)10-20(24)12-21/h3-4,10-15H,5-9H2,1-2H3/b4-3+. The van der Waals surface area contributed by atoms with Crippen LogP contribution >= 0.6 is 0 Å². The van der Waals surface area contributed by atoms with Gasteiger partial charge in [-0.3, -0.25) is 9.88 Å². The van der Waals surface area contributed by atoms with Crippen molar-refractivity contribution in [3.63, 3.8) is 0 Å². The molecule has 1 fully saturated rings. The fourth-order valence-electron chi connectivity index (χ4n) is 3.61. The number of aromatic nitrogens is 4. The van der Waals surface area contributed by atoms with Gasteiger partial charge in [0.15, 0.2) is 5.82 Å². The average molecular weight is 410 g/mol. The number of anilines is 1. The Morgan fingerprint density at radius 1 is 0.967 bits per heavy atom. The summed E-state index contributed by atoms with van der Waals surface area (Å²) in [5.74, 6) is -0.372. The van der Waals surface area contributed by atoms with Crippen molar-refractivity contribution in [3.05, 3.63) is 71.5 Å². The third-order valence-electron chi connectivity index (χ3n) is 5.25. The Morgan fingerprint density at radius 2 is 1.70 bits per heavy atom. The second-order valence-corrected chi connectivity index (χ2v) is 7.43. The zero-order valence-corrected chi connectivity index (χ0v) is 17.1. The molecule has 30 heavy (non-hydrogen) atoms. The molecule has 0 radical (unpaired) electrons. The van der Waals surface area contributed by atoms with E-state index < -0.39 is 11.6 Å². The number of nitrogens with zero attached hydrogens (tertiary/aromatic N) is 6. The molecule has 1 saturated heterocycles. The molecule has 0 atom stereocenters. The van der Waals surface area contributed by atoms with E-state index in [0.29, 0.717) is 11.5 Å². The van der Waals surface area contributed by atoms with Crippen molar-refractivity contribution in [3.8, 4) is 5.82 Å². The predicted molar refractivity (Wildman–Crippen MR) is 113 cm³/mol. The molecule has 4 rings (SSSR count). The maximum absolute atomic E-state index is 13.4. The lowest BCUT2D eigenvalue weighted by Crippen LogP contribution is -2.46. The third kappa shape index (κ3) is 4.54. The molecular formula is C22H24F2N6. The van der Waals surface area contributed by atoms with E-state index in [1.54, 1.807) is 17.1 Å². The first-order valence-corrected chi connectivity index (χ1v) is 9.93. The lowest BCUT2D eigenvalue weighted by Gasteiger charge is -2.35. The molecule has 1 aliphatic rings. The van der Waals surface area contributed by atoms with Crippen molar-refractivity contribution in [2.75, 3.05) is 37.6 Å². The first-order chi connectivity index (χ1) is 14.5. The van der Waals surface area contributed by atoms with E-state index in [-0.39, 0.29) is 0 Å². The van der Waals surface area contributed by atoms with Crippen molar-refractivity contribution in [1.82, 2.24) is 24.6 Å². The molecule has 0 aliphatic carbocycles. The monoisotopic (exact) mass is 410 g/mol. The number of hydrogen-bond acceptors (Lipinski definition) is 5. The summed E-state index contributed by atoms with van der Waals surface area (Å²) < 4.78 is 28.7. The Labute approximate surface area is 174 Å². The summed E-state index contributed by atoms with van der Waals surface area (Å²) in [5, 5.41) is 4.43. The van der Waals surface area contributed by atoms with Gasteiger partial charge in [0.25, 0.3) is 0 Å². The van der Waals surface area contributed by atoms with Crippen molar-refractivity contribution in [1.29, 1.82) is 0 Å². The van der Waals surface area contributed by atoms with Crippen molar-refractivity contribution >= 4 is 11.8 Å². The summed E-state index contributed by atoms with van der Waals surface area (Å²) in [6.45, 7) is 7.85. The largest absolute Gasteiger partial charge is 0.369 e.